The summed E-state index contributed by atoms with van der Waals surface area (Å²) in [7, 11) is 4.93. The van der Waals surface area contributed by atoms with Crippen LogP contribution in [0.15, 0.2) is 55.0 Å². The number of aromatic nitrogens is 3. The Kier molecular flexibility index (Phi) is 5.43. The molecule has 30 heavy (non-hydrogen) atoms. The summed E-state index contributed by atoms with van der Waals surface area (Å²) in [5.41, 5.74) is 4.98. The lowest BCUT2D eigenvalue weighted by molar-refractivity contribution is 0.354. The average Bonchev–Trinajstić information content (AvgIpc) is 3.17. The molecule has 7 heteroatoms. The number of hydrogen-bond donors (Lipinski definition) is 1. The number of anilines is 2. The number of pyridine rings is 1. The molecule has 0 aliphatic rings. The second-order valence-electron chi connectivity index (χ2n) is 6.93. The minimum atomic E-state index is 0.655. The Morgan fingerprint density at radius 3 is 2.47 bits per heavy atom. The smallest absolute Gasteiger partial charge is 0.161 e. The predicted molar refractivity (Wildman–Crippen MR) is 117 cm³/mol. The summed E-state index contributed by atoms with van der Waals surface area (Å²) in [6.45, 7) is 2.69. The van der Waals surface area contributed by atoms with E-state index in [1.54, 1.807) is 27.5 Å². The summed E-state index contributed by atoms with van der Waals surface area (Å²) < 4.78 is 18.1. The van der Waals surface area contributed by atoms with Crippen LogP contribution in [0.3, 0.4) is 0 Å². The van der Waals surface area contributed by atoms with Crippen LogP contribution in [-0.4, -0.2) is 35.9 Å². The Bertz CT molecular complexity index is 1190. The lowest BCUT2D eigenvalue weighted by Gasteiger charge is -2.12. The van der Waals surface area contributed by atoms with Crippen molar-refractivity contribution in [2.75, 3.05) is 26.6 Å². The molecule has 4 rings (SSSR count). The Hall–Kier alpha value is -3.74. The van der Waals surface area contributed by atoms with Crippen LogP contribution in [-0.2, 0) is 6.54 Å². The van der Waals surface area contributed by atoms with E-state index in [0.29, 0.717) is 18.0 Å². The second-order valence-corrected chi connectivity index (χ2v) is 6.93. The Morgan fingerprint density at radius 2 is 1.73 bits per heavy atom. The third-order valence-corrected chi connectivity index (χ3v) is 5.00. The molecule has 7 nitrogen and oxygen atoms in total. The molecule has 2 aromatic carbocycles. The van der Waals surface area contributed by atoms with Crippen LogP contribution in [0.2, 0.25) is 0 Å². The molecule has 0 fully saturated rings. The van der Waals surface area contributed by atoms with Gasteiger partial charge in [-0.25, -0.2) is 9.97 Å². The first-order valence-electron chi connectivity index (χ1n) is 9.54. The largest absolute Gasteiger partial charge is 0.497 e. The van der Waals surface area contributed by atoms with E-state index in [4.69, 9.17) is 14.2 Å². The van der Waals surface area contributed by atoms with Crippen molar-refractivity contribution in [1.82, 2.24) is 14.5 Å². The Balaban J connectivity index is 1.62. The standard InChI is InChI=1S/C23H24N4O3/c1-15-9-17(28-2)6-7-18(15)26-23-11-20-19(12-24-23)25-14-27(20)13-16-5-8-21(29-3)22(10-16)30-4/h5-12,14H,13H2,1-4H3,(H,24,26). The quantitative estimate of drug-likeness (QED) is 0.487. The maximum atomic E-state index is 5.42. The molecule has 154 valence electrons. The molecule has 0 aliphatic carbocycles. The molecule has 0 unspecified atom stereocenters. The fraction of sp³-hybridized carbons (Fsp3) is 0.217. The van der Waals surface area contributed by atoms with Gasteiger partial charge in [-0.1, -0.05) is 6.07 Å². The lowest BCUT2D eigenvalue weighted by atomic mass is 10.2. The van der Waals surface area contributed by atoms with Gasteiger partial charge in [-0.15, -0.1) is 0 Å². The van der Waals surface area contributed by atoms with Crippen LogP contribution in [0.25, 0.3) is 11.0 Å². The fourth-order valence-corrected chi connectivity index (χ4v) is 3.37. The zero-order valence-corrected chi connectivity index (χ0v) is 17.5. The first kappa shape index (κ1) is 19.6. The SMILES string of the molecule is COc1ccc(Nc2cc3c(cn2)ncn3Cc2ccc(OC)c(OC)c2)c(C)c1. The number of aryl methyl sites for hydroxylation is 1. The van der Waals surface area contributed by atoms with Crippen molar-refractivity contribution in [3.05, 3.63) is 66.1 Å². The second kappa shape index (κ2) is 8.32. The average molecular weight is 404 g/mol. The third-order valence-electron chi connectivity index (χ3n) is 5.00. The minimum absolute atomic E-state index is 0.655. The van der Waals surface area contributed by atoms with Crippen molar-refractivity contribution in [3.63, 3.8) is 0 Å². The Labute approximate surface area is 175 Å². The van der Waals surface area contributed by atoms with Gasteiger partial charge in [0.1, 0.15) is 17.1 Å². The first-order chi connectivity index (χ1) is 14.6. The van der Waals surface area contributed by atoms with Crippen molar-refractivity contribution < 1.29 is 14.2 Å². The first-order valence-corrected chi connectivity index (χ1v) is 9.54. The highest BCUT2D eigenvalue weighted by molar-refractivity contribution is 5.78. The van der Waals surface area contributed by atoms with E-state index < -0.39 is 0 Å². The van der Waals surface area contributed by atoms with E-state index in [0.717, 1.165) is 39.4 Å². The number of rotatable bonds is 7. The summed E-state index contributed by atoms with van der Waals surface area (Å²) in [5.74, 6) is 3.00. The van der Waals surface area contributed by atoms with Crippen LogP contribution in [0, 0.1) is 6.92 Å². The highest BCUT2D eigenvalue weighted by Crippen LogP contribution is 2.29. The summed E-state index contributed by atoms with van der Waals surface area (Å²) in [5, 5.41) is 3.39. The third kappa shape index (κ3) is 3.87. The van der Waals surface area contributed by atoms with Crippen LogP contribution < -0.4 is 19.5 Å². The number of benzene rings is 2. The van der Waals surface area contributed by atoms with Gasteiger partial charge in [-0.2, -0.15) is 0 Å². The molecule has 2 heterocycles. The van der Waals surface area contributed by atoms with Crippen LogP contribution in [0.5, 0.6) is 17.2 Å². The minimum Gasteiger partial charge on any atom is -0.497 e. The number of nitrogens with one attached hydrogen (secondary N) is 1. The molecule has 0 amide bonds. The normalized spacial score (nSPS) is 10.8. The van der Waals surface area contributed by atoms with E-state index in [2.05, 4.69) is 19.9 Å². The van der Waals surface area contributed by atoms with Crippen molar-refractivity contribution in [3.8, 4) is 17.2 Å². The van der Waals surface area contributed by atoms with Crippen molar-refractivity contribution >= 4 is 22.5 Å². The molecule has 4 aromatic rings. The molecule has 0 saturated heterocycles. The zero-order chi connectivity index (χ0) is 21.1. The molecule has 0 atom stereocenters. The summed E-state index contributed by atoms with van der Waals surface area (Å²) in [4.78, 5) is 8.98. The lowest BCUT2D eigenvalue weighted by Crippen LogP contribution is -2.01. The molecule has 2 aromatic heterocycles. The van der Waals surface area contributed by atoms with Crippen LogP contribution in [0.1, 0.15) is 11.1 Å². The van der Waals surface area contributed by atoms with E-state index in [9.17, 15) is 0 Å². The van der Waals surface area contributed by atoms with E-state index in [1.165, 1.54) is 0 Å². The van der Waals surface area contributed by atoms with Crippen LogP contribution in [0.4, 0.5) is 11.5 Å². The molecule has 0 saturated carbocycles. The van der Waals surface area contributed by atoms with Gasteiger partial charge in [-0.3, -0.25) is 0 Å². The molecule has 0 radical (unpaired) electrons. The summed E-state index contributed by atoms with van der Waals surface area (Å²) in [6, 6.07) is 13.8. The van der Waals surface area contributed by atoms with Gasteiger partial charge in [0.05, 0.1) is 39.4 Å². The number of hydrogen-bond acceptors (Lipinski definition) is 6. The number of nitrogens with zero attached hydrogens (tertiary/aromatic N) is 3. The fourth-order valence-electron chi connectivity index (χ4n) is 3.37. The maximum Gasteiger partial charge on any atom is 0.161 e. The summed E-state index contributed by atoms with van der Waals surface area (Å²) >= 11 is 0. The van der Waals surface area contributed by atoms with Crippen molar-refractivity contribution in [2.24, 2.45) is 0 Å². The monoisotopic (exact) mass is 404 g/mol. The number of ether oxygens (including phenoxy) is 3. The molecule has 0 spiro atoms. The molecule has 1 N–H and O–H groups in total. The Morgan fingerprint density at radius 1 is 0.900 bits per heavy atom. The molecule has 0 aliphatic heterocycles. The van der Waals surface area contributed by atoms with Gasteiger partial charge in [0.15, 0.2) is 11.5 Å². The number of imidazole rings is 1. The van der Waals surface area contributed by atoms with E-state index >= 15 is 0 Å². The molecular formula is C23H24N4O3. The van der Waals surface area contributed by atoms with Crippen molar-refractivity contribution in [1.29, 1.82) is 0 Å². The van der Waals surface area contributed by atoms with E-state index in [1.807, 2.05) is 55.7 Å². The van der Waals surface area contributed by atoms with Crippen LogP contribution >= 0.6 is 0 Å². The van der Waals surface area contributed by atoms with E-state index in [-0.39, 0.29) is 0 Å². The van der Waals surface area contributed by atoms with Gasteiger partial charge in [0, 0.05) is 18.3 Å². The van der Waals surface area contributed by atoms with Gasteiger partial charge in [-0.05, 0) is 48.4 Å². The maximum absolute atomic E-state index is 5.42. The topological polar surface area (TPSA) is 70.4 Å². The summed E-state index contributed by atoms with van der Waals surface area (Å²) in [6.07, 6.45) is 3.60. The molecule has 0 bridgehead atoms. The zero-order valence-electron chi connectivity index (χ0n) is 17.5. The van der Waals surface area contributed by atoms with Gasteiger partial charge in [0.25, 0.3) is 0 Å². The van der Waals surface area contributed by atoms with Gasteiger partial charge in [0.2, 0.25) is 0 Å². The number of methoxy groups -OCH3 is 3. The number of fused-ring (bicyclic) bond motifs is 1. The van der Waals surface area contributed by atoms with Gasteiger partial charge >= 0.3 is 0 Å². The highest BCUT2D eigenvalue weighted by Gasteiger charge is 2.10. The molecular weight excluding hydrogens is 380 g/mol. The van der Waals surface area contributed by atoms with Gasteiger partial charge < -0.3 is 24.1 Å². The highest BCUT2D eigenvalue weighted by atomic mass is 16.5. The van der Waals surface area contributed by atoms with Crippen molar-refractivity contribution in [2.45, 2.75) is 13.5 Å². The predicted octanol–water partition coefficient (Wildman–Crippen LogP) is 4.56.